The number of rotatable bonds is 5. The summed E-state index contributed by atoms with van der Waals surface area (Å²) in [6, 6.07) is 2.71. The van der Waals surface area contributed by atoms with Crippen LogP contribution in [0.3, 0.4) is 0 Å². The first-order valence-electron chi connectivity index (χ1n) is 7.44. The van der Waals surface area contributed by atoms with E-state index in [1.54, 1.807) is 0 Å². The van der Waals surface area contributed by atoms with E-state index in [2.05, 4.69) is 4.74 Å². The van der Waals surface area contributed by atoms with E-state index in [-0.39, 0.29) is 25.3 Å². The number of likely N-dealkylation sites (tertiary alicyclic amines) is 1. The molecule has 1 saturated heterocycles. The third-order valence-electron chi connectivity index (χ3n) is 4.07. The zero-order valence-electron chi connectivity index (χ0n) is 13.6. The first-order chi connectivity index (χ1) is 11.9. The Kier molecular flexibility index (Phi) is 5.10. The lowest BCUT2D eigenvalue weighted by molar-refractivity contribution is -0.385. The Balaban J connectivity index is 2.29. The molecule has 1 aliphatic rings. The Morgan fingerprint density at radius 2 is 2.08 bits per heavy atom. The number of benzene rings is 1. The van der Waals surface area contributed by atoms with Gasteiger partial charge in [-0.1, -0.05) is 0 Å². The van der Waals surface area contributed by atoms with Crippen LogP contribution < -0.4 is 4.74 Å². The van der Waals surface area contributed by atoms with Crippen molar-refractivity contribution in [3.8, 4) is 5.75 Å². The van der Waals surface area contributed by atoms with Crippen LogP contribution in [-0.4, -0.2) is 52.7 Å². The normalized spacial score (nSPS) is 20.1. The number of ether oxygens (including phenoxy) is 1. The van der Waals surface area contributed by atoms with E-state index in [1.807, 2.05) is 0 Å². The summed E-state index contributed by atoms with van der Waals surface area (Å²) >= 11 is 0. The molecule has 1 aliphatic heterocycles. The minimum absolute atomic E-state index is 0.0619. The van der Waals surface area contributed by atoms with Crippen molar-refractivity contribution in [3.63, 3.8) is 0 Å². The molecule has 0 spiro atoms. The van der Waals surface area contributed by atoms with Crippen molar-refractivity contribution in [1.29, 1.82) is 0 Å². The van der Waals surface area contributed by atoms with Crippen molar-refractivity contribution in [1.82, 2.24) is 4.90 Å². The van der Waals surface area contributed by atoms with Gasteiger partial charge in [0.2, 0.25) is 0 Å². The van der Waals surface area contributed by atoms with Crippen LogP contribution in [0.25, 0.3) is 0 Å². The van der Waals surface area contributed by atoms with E-state index in [4.69, 9.17) is 0 Å². The summed E-state index contributed by atoms with van der Waals surface area (Å²) in [6.45, 7) is -0.266. The molecule has 0 radical (unpaired) electrons. The Bertz CT molecular complexity index is 751. The number of hydrogen-bond acceptors (Lipinski definition) is 5. The van der Waals surface area contributed by atoms with Crippen molar-refractivity contribution in [3.05, 3.63) is 33.9 Å². The minimum atomic E-state index is -4.61. The van der Waals surface area contributed by atoms with Gasteiger partial charge in [0.15, 0.2) is 6.61 Å². The molecule has 1 atom stereocenters. The summed E-state index contributed by atoms with van der Waals surface area (Å²) < 4.78 is 41.3. The number of nitro groups is 1. The molecule has 1 N–H and O–H groups in total. The standard InChI is InChI=1S/C15H15F3N2O6/c1-14(13(22)23)4-5-19(7-14)12(21)10-6-9(26-8-15(16,17)18)2-3-11(10)20(24)25/h2-3,6H,4-5,7-8H2,1H3,(H,22,23). The monoisotopic (exact) mass is 376 g/mol. The molecule has 1 fully saturated rings. The van der Waals surface area contributed by atoms with Gasteiger partial charge < -0.3 is 14.7 Å². The summed E-state index contributed by atoms with van der Waals surface area (Å²) in [7, 11) is 0. The van der Waals surface area contributed by atoms with Gasteiger partial charge >= 0.3 is 12.1 Å². The lowest BCUT2D eigenvalue weighted by Crippen LogP contribution is -2.35. The Labute approximate surface area is 145 Å². The second kappa shape index (κ2) is 6.81. The highest BCUT2D eigenvalue weighted by Gasteiger charge is 2.43. The maximum Gasteiger partial charge on any atom is 0.422 e. The summed E-state index contributed by atoms with van der Waals surface area (Å²) in [5, 5.41) is 20.3. The molecule has 26 heavy (non-hydrogen) atoms. The number of carbonyl (C=O) groups is 2. The van der Waals surface area contributed by atoms with Crippen LogP contribution in [-0.2, 0) is 4.79 Å². The molecule has 0 aromatic heterocycles. The van der Waals surface area contributed by atoms with Crippen molar-refractivity contribution >= 4 is 17.6 Å². The second-order valence-electron chi connectivity index (χ2n) is 6.18. The number of alkyl halides is 3. The largest absolute Gasteiger partial charge is 0.484 e. The van der Waals surface area contributed by atoms with E-state index in [0.29, 0.717) is 0 Å². The molecule has 0 bridgehead atoms. The van der Waals surface area contributed by atoms with Crippen LogP contribution in [0.4, 0.5) is 18.9 Å². The van der Waals surface area contributed by atoms with Crippen LogP contribution >= 0.6 is 0 Å². The number of carbonyl (C=O) groups excluding carboxylic acids is 1. The van der Waals surface area contributed by atoms with Crippen LogP contribution in [0.5, 0.6) is 5.75 Å². The number of nitrogens with zero attached hydrogens (tertiary/aromatic N) is 2. The Hall–Kier alpha value is -2.85. The van der Waals surface area contributed by atoms with E-state index >= 15 is 0 Å². The zero-order chi connectivity index (χ0) is 19.7. The molecule has 0 aliphatic carbocycles. The molecule has 142 valence electrons. The fourth-order valence-corrected chi connectivity index (χ4v) is 2.58. The first kappa shape index (κ1) is 19.5. The SMILES string of the molecule is CC1(C(=O)O)CCN(C(=O)c2cc(OCC(F)(F)F)ccc2[N+](=O)[O-])C1. The highest BCUT2D eigenvalue weighted by molar-refractivity contribution is 5.99. The summed E-state index contributed by atoms with van der Waals surface area (Å²) in [5.41, 5.74) is -2.24. The molecule has 1 heterocycles. The van der Waals surface area contributed by atoms with Crippen LogP contribution in [0.1, 0.15) is 23.7 Å². The first-order valence-corrected chi connectivity index (χ1v) is 7.44. The summed E-state index contributed by atoms with van der Waals surface area (Å²) in [4.78, 5) is 35.3. The van der Waals surface area contributed by atoms with Crippen LogP contribution in [0, 0.1) is 15.5 Å². The van der Waals surface area contributed by atoms with Crippen LogP contribution in [0.2, 0.25) is 0 Å². The van der Waals surface area contributed by atoms with Crippen molar-refractivity contribution < 1.29 is 37.5 Å². The van der Waals surface area contributed by atoms with Crippen molar-refractivity contribution in [2.75, 3.05) is 19.7 Å². The van der Waals surface area contributed by atoms with E-state index < -0.39 is 46.2 Å². The van der Waals surface area contributed by atoms with Gasteiger partial charge in [0, 0.05) is 19.2 Å². The van der Waals surface area contributed by atoms with E-state index in [1.165, 1.54) is 6.92 Å². The fraction of sp³-hybridized carbons (Fsp3) is 0.467. The molecular formula is C15H15F3N2O6. The molecule has 0 saturated carbocycles. The lowest BCUT2D eigenvalue weighted by atomic mass is 9.90. The maximum atomic E-state index is 12.6. The lowest BCUT2D eigenvalue weighted by Gasteiger charge is -2.20. The molecule has 8 nitrogen and oxygen atoms in total. The van der Waals surface area contributed by atoms with Gasteiger partial charge in [0.25, 0.3) is 11.6 Å². The quantitative estimate of drug-likeness (QED) is 0.624. The molecule has 1 amide bonds. The Morgan fingerprint density at radius 1 is 1.42 bits per heavy atom. The van der Waals surface area contributed by atoms with Gasteiger partial charge in [0.05, 0.1) is 10.3 Å². The Morgan fingerprint density at radius 3 is 2.58 bits per heavy atom. The molecule has 1 aromatic carbocycles. The van der Waals surface area contributed by atoms with E-state index in [0.717, 1.165) is 23.1 Å². The topological polar surface area (TPSA) is 110 Å². The highest BCUT2D eigenvalue weighted by atomic mass is 19.4. The number of nitro benzene ring substituents is 1. The van der Waals surface area contributed by atoms with Crippen LogP contribution in [0.15, 0.2) is 18.2 Å². The molecule has 1 unspecified atom stereocenters. The van der Waals surface area contributed by atoms with Gasteiger partial charge in [-0.25, -0.2) is 0 Å². The number of hydrogen-bond donors (Lipinski definition) is 1. The van der Waals surface area contributed by atoms with Crippen molar-refractivity contribution in [2.24, 2.45) is 5.41 Å². The maximum absolute atomic E-state index is 12.6. The smallest absolute Gasteiger partial charge is 0.422 e. The predicted octanol–water partition coefficient (Wildman–Crippen LogP) is 2.47. The molecule has 2 rings (SSSR count). The second-order valence-corrected chi connectivity index (χ2v) is 6.18. The molecular weight excluding hydrogens is 361 g/mol. The third-order valence-corrected chi connectivity index (χ3v) is 4.07. The van der Waals surface area contributed by atoms with Gasteiger partial charge in [-0.2, -0.15) is 13.2 Å². The van der Waals surface area contributed by atoms with Gasteiger partial charge in [-0.15, -0.1) is 0 Å². The molecule has 11 heteroatoms. The van der Waals surface area contributed by atoms with Crippen molar-refractivity contribution in [2.45, 2.75) is 19.5 Å². The number of halogens is 3. The number of carboxylic acids is 1. The van der Waals surface area contributed by atoms with Gasteiger partial charge in [-0.05, 0) is 25.5 Å². The summed E-state index contributed by atoms with van der Waals surface area (Å²) in [5.74, 6) is -2.29. The van der Waals surface area contributed by atoms with Gasteiger partial charge in [-0.3, -0.25) is 19.7 Å². The molecule has 1 aromatic rings. The highest BCUT2D eigenvalue weighted by Crippen LogP contribution is 2.33. The predicted molar refractivity (Wildman–Crippen MR) is 80.9 cm³/mol. The minimum Gasteiger partial charge on any atom is -0.484 e. The average molecular weight is 376 g/mol. The fourth-order valence-electron chi connectivity index (χ4n) is 2.58. The summed E-state index contributed by atoms with van der Waals surface area (Å²) in [6.07, 6.45) is -4.45. The number of aliphatic carboxylic acids is 1. The number of carboxylic acid groups (broad SMARTS) is 1. The average Bonchev–Trinajstić information content (AvgIpc) is 2.95. The van der Waals surface area contributed by atoms with Gasteiger partial charge in [0.1, 0.15) is 11.3 Å². The number of amides is 1. The van der Waals surface area contributed by atoms with E-state index in [9.17, 15) is 38.0 Å². The zero-order valence-corrected chi connectivity index (χ0v) is 13.6. The third kappa shape index (κ3) is 4.21.